The molecule has 0 aliphatic carbocycles. The minimum atomic E-state index is 0.828. The van der Waals surface area contributed by atoms with Crippen LogP contribution in [0.4, 0.5) is 0 Å². The van der Waals surface area contributed by atoms with Gasteiger partial charge in [-0.25, -0.2) is 4.98 Å². The molecule has 0 unspecified atom stereocenters. The smallest absolute Gasteiger partial charge is 0.118 e. The molecular formula is C18H20N2O. The molecule has 0 saturated heterocycles. The Morgan fingerprint density at radius 2 is 1.67 bits per heavy atom. The summed E-state index contributed by atoms with van der Waals surface area (Å²) < 4.78 is 7.48. The molecule has 0 spiro atoms. The second-order valence-corrected chi connectivity index (χ2v) is 5.52. The van der Waals surface area contributed by atoms with Gasteiger partial charge in [0.1, 0.15) is 11.6 Å². The number of fused-ring (bicyclic) bond motifs is 1. The van der Waals surface area contributed by atoms with Crippen molar-refractivity contribution in [3.63, 3.8) is 0 Å². The summed E-state index contributed by atoms with van der Waals surface area (Å²) in [5.41, 5.74) is 6.11. The molecule has 108 valence electrons. The van der Waals surface area contributed by atoms with Gasteiger partial charge >= 0.3 is 0 Å². The van der Waals surface area contributed by atoms with Crippen LogP contribution in [0.25, 0.3) is 11.0 Å². The molecule has 0 radical (unpaired) electrons. The van der Waals surface area contributed by atoms with E-state index in [1.807, 2.05) is 12.1 Å². The Hall–Kier alpha value is -2.29. The summed E-state index contributed by atoms with van der Waals surface area (Å²) in [6.07, 6.45) is 0. The first-order chi connectivity index (χ1) is 10.1. The maximum absolute atomic E-state index is 5.21. The number of nitrogens with zero attached hydrogens (tertiary/aromatic N) is 2. The number of aryl methyl sites for hydroxylation is 3. The van der Waals surface area contributed by atoms with Crippen molar-refractivity contribution in [2.24, 2.45) is 0 Å². The van der Waals surface area contributed by atoms with Crippen LogP contribution in [0.3, 0.4) is 0 Å². The minimum Gasteiger partial charge on any atom is -0.497 e. The minimum absolute atomic E-state index is 0.828. The number of methoxy groups -OCH3 is 1. The van der Waals surface area contributed by atoms with E-state index in [1.165, 1.54) is 22.2 Å². The fourth-order valence-electron chi connectivity index (χ4n) is 2.61. The average molecular weight is 280 g/mol. The molecule has 1 heterocycles. The number of hydrogen-bond acceptors (Lipinski definition) is 2. The predicted molar refractivity (Wildman–Crippen MR) is 86.0 cm³/mol. The first-order valence-corrected chi connectivity index (χ1v) is 7.15. The average Bonchev–Trinajstić information content (AvgIpc) is 2.76. The lowest BCUT2D eigenvalue weighted by Crippen LogP contribution is -2.02. The highest BCUT2D eigenvalue weighted by Crippen LogP contribution is 2.22. The number of aromatic nitrogens is 2. The van der Waals surface area contributed by atoms with E-state index in [2.05, 4.69) is 54.6 Å². The van der Waals surface area contributed by atoms with Gasteiger partial charge in [0.2, 0.25) is 0 Å². The number of benzene rings is 2. The van der Waals surface area contributed by atoms with Crippen molar-refractivity contribution in [3.8, 4) is 5.75 Å². The maximum Gasteiger partial charge on any atom is 0.118 e. The van der Waals surface area contributed by atoms with Gasteiger partial charge in [0.15, 0.2) is 0 Å². The van der Waals surface area contributed by atoms with E-state index in [9.17, 15) is 0 Å². The largest absolute Gasteiger partial charge is 0.497 e. The van der Waals surface area contributed by atoms with E-state index in [1.54, 1.807) is 7.11 Å². The second kappa shape index (κ2) is 5.24. The van der Waals surface area contributed by atoms with E-state index in [-0.39, 0.29) is 0 Å². The molecule has 0 N–H and O–H groups in total. The van der Waals surface area contributed by atoms with Gasteiger partial charge in [-0.15, -0.1) is 0 Å². The van der Waals surface area contributed by atoms with Crippen LogP contribution in [-0.2, 0) is 6.54 Å². The Morgan fingerprint density at radius 3 is 2.33 bits per heavy atom. The third-order valence-electron chi connectivity index (χ3n) is 4.05. The van der Waals surface area contributed by atoms with E-state index >= 15 is 0 Å². The molecule has 0 atom stereocenters. The summed E-state index contributed by atoms with van der Waals surface area (Å²) in [5, 5.41) is 0. The van der Waals surface area contributed by atoms with Crippen molar-refractivity contribution in [1.82, 2.24) is 9.55 Å². The highest BCUT2D eigenvalue weighted by atomic mass is 16.5. The van der Waals surface area contributed by atoms with Crippen molar-refractivity contribution in [2.75, 3.05) is 7.11 Å². The summed E-state index contributed by atoms with van der Waals surface area (Å²) in [4.78, 5) is 4.68. The molecule has 0 amide bonds. The van der Waals surface area contributed by atoms with E-state index in [0.717, 1.165) is 23.6 Å². The fourth-order valence-corrected chi connectivity index (χ4v) is 2.61. The van der Waals surface area contributed by atoms with Crippen molar-refractivity contribution >= 4 is 11.0 Å². The van der Waals surface area contributed by atoms with Crippen molar-refractivity contribution in [1.29, 1.82) is 0 Å². The standard InChI is InChI=1S/C18H20N2O/c1-12-9-17-18(10-13(12)2)20(14(3)19-17)11-15-5-7-16(21-4)8-6-15/h5-10H,11H2,1-4H3. The van der Waals surface area contributed by atoms with Crippen LogP contribution in [0.1, 0.15) is 22.5 Å². The SMILES string of the molecule is COc1ccc(Cn2c(C)nc3cc(C)c(C)cc32)cc1. The lowest BCUT2D eigenvalue weighted by molar-refractivity contribution is 0.414. The third kappa shape index (κ3) is 2.51. The quantitative estimate of drug-likeness (QED) is 0.724. The van der Waals surface area contributed by atoms with Crippen LogP contribution in [-0.4, -0.2) is 16.7 Å². The summed E-state index contributed by atoms with van der Waals surface area (Å²) >= 11 is 0. The molecule has 0 aliphatic rings. The maximum atomic E-state index is 5.21. The number of imidazole rings is 1. The molecule has 3 rings (SSSR count). The number of rotatable bonds is 3. The van der Waals surface area contributed by atoms with Gasteiger partial charge < -0.3 is 9.30 Å². The van der Waals surface area contributed by atoms with Crippen LogP contribution in [0, 0.1) is 20.8 Å². The predicted octanol–water partition coefficient (Wildman–Crippen LogP) is 4.02. The van der Waals surface area contributed by atoms with Crippen LogP contribution in [0.2, 0.25) is 0 Å². The topological polar surface area (TPSA) is 27.1 Å². The Bertz CT molecular complexity index is 785. The second-order valence-electron chi connectivity index (χ2n) is 5.52. The Morgan fingerprint density at radius 1 is 1.00 bits per heavy atom. The van der Waals surface area contributed by atoms with Crippen molar-refractivity contribution < 1.29 is 4.74 Å². The Labute approximate surface area is 125 Å². The summed E-state index contributed by atoms with van der Waals surface area (Å²) in [5.74, 6) is 1.93. The molecular weight excluding hydrogens is 260 g/mol. The van der Waals surface area contributed by atoms with Crippen molar-refractivity contribution in [3.05, 3.63) is 58.9 Å². The normalized spacial score (nSPS) is 11.0. The Kier molecular flexibility index (Phi) is 3.42. The molecule has 3 heteroatoms. The highest BCUT2D eigenvalue weighted by Gasteiger charge is 2.09. The molecule has 2 aromatic carbocycles. The van der Waals surface area contributed by atoms with E-state index < -0.39 is 0 Å². The number of ether oxygens (including phenoxy) is 1. The molecule has 0 saturated carbocycles. The molecule has 21 heavy (non-hydrogen) atoms. The molecule has 0 bridgehead atoms. The molecule has 3 aromatic rings. The first kappa shape index (κ1) is 13.7. The summed E-state index contributed by atoms with van der Waals surface area (Å²) in [6, 6.07) is 12.6. The first-order valence-electron chi connectivity index (χ1n) is 7.15. The highest BCUT2D eigenvalue weighted by molar-refractivity contribution is 5.78. The third-order valence-corrected chi connectivity index (χ3v) is 4.05. The van der Waals surface area contributed by atoms with Gasteiger partial charge in [0.25, 0.3) is 0 Å². The van der Waals surface area contributed by atoms with E-state index in [0.29, 0.717) is 0 Å². The lowest BCUT2D eigenvalue weighted by Gasteiger charge is -2.09. The van der Waals surface area contributed by atoms with Crippen LogP contribution >= 0.6 is 0 Å². The summed E-state index contributed by atoms with van der Waals surface area (Å²) in [6.45, 7) is 7.17. The summed E-state index contributed by atoms with van der Waals surface area (Å²) in [7, 11) is 1.69. The Balaban J connectivity index is 2.03. The van der Waals surface area contributed by atoms with Gasteiger partial charge in [-0.05, 0) is 61.7 Å². The van der Waals surface area contributed by atoms with Gasteiger partial charge in [-0.2, -0.15) is 0 Å². The molecule has 3 nitrogen and oxygen atoms in total. The number of hydrogen-bond donors (Lipinski definition) is 0. The zero-order valence-electron chi connectivity index (χ0n) is 13.0. The molecule has 0 aliphatic heterocycles. The van der Waals surface area contributed by atoms with Gasteiger partial charge in [0.05, 0.1) is 18.1 Å². The van der Waals surface area contributed by atoms with Crippen LogP contribution in [0.15, 0.2) is 36.4 Å². The van der Waals surface area contributed by atoms with Gasteiger partial charge in [-0.1, -0.05) is 12.1 Å². The van der Waals surface area contributed by atoms with Crippen LogP contribution < -0.4 is 4.74 Å². The zero-order chi connectivity index (χ0) is 15.0. The van der Waals surface area contributed by atoms with Crippen molar-refractivity contribution in [2.45, 2.75) is 27.3 Å². The lowest BCUT2D eigenvalue weighted by atomic mass is 10.1. The van der Waals surface area contributed by atoms with Gasteiger partial charge in [0, 0.05) is 6.54 Å². The van der Waals surface area contributed by atoms with E-state index in [4.69, 9.17) is 4.74 Å². The molecule has 0 fully saturated rings. The van der Waals surface area contributed by atoms with Crippen LogP contribution in [0.5, 0.6) is 5.75 Å². The zero-order valence-corrected chi connectivity index (χ0v) is 13.0. The van der Waals surface area contributed by atoms with Gasteiger partial charge in [-0.3, -0.25) is 0 Å². The molecule has 1 aromatic heterocycles. The monoisotopic (exact) mass is 280 g/mol. The fraction of sp³-hybridized carbons (Fsp3) is 0.278.